The number of carbonyl (C=O) groups excluding carboxylic acids is 1. The SMILES string of the molecule is CCCC1NC(CC(C)C)C(=O)N1C1CCCCC1SC. The Kier molecular flexibility index (Phi) is 6.42. The van der Waals surface area contributed by atoms with E-state index < -0.39 is 0 Å². The summed E-state index contributed by atoms with van der Waals surface area (Å²) in [6, 6.07) is 0.494. The van der Waals surface area contributed by atoms with E-state index >= 15 is 0 Å². The Morgan fingerprint density at radius 2 is 2.05 bits per heavy atom. The lowest BCUT2D eigenvalue weighted by molar-refractivity contribution is -0.133. The van der Waals surface area contributed by atoms with Gasteiger partial charge in [-0.3, -0.25) is 10.1 Å². The maximum absolute atomic E-state index is 12.9. The van der Waals surface area contributed by atoms with Crippen molar-refractivity contribution in [3.8, 4) is 0 Å². The molecule has 0 radical (unpaired) electrons. The van der Waals surface area contributed by atoms with Crippen molar-refractivity contribution in [3.63, 3.8) is 0 Å². The summed E-state index contributed by atoms with van der Waals surface area (Å²) in [5.41, 5.74) is 0. The molecule has 1 aliphatic heterocycles. The van der Waals surface area contributed by atoms with Crippen molar-refractivity contribution in [2.24, 2.45) is 5.92 Å². The third-order valence-corrected chi connectivity index (χ3v) is 6.03. The molecule has 1 saturated heterocycles. The summed E-state index contributed by atoms with van der Waals surface area (Å²) in [4.78, 5) is 15.2. The lowest BCUT2D eigenvalue weighted by Crippen LogP contribution is -2.50. The molecule has 1 heterocycles. The fourth-order valence-electron chi connectivity index (χ4n) is 3.92. The summed E-state index contributed by atoms with van der Waals surface area (Å²) in [5.74, 6) is 0.935. The smallest absolute Gasteiger partial charge is 0.241 e. The second-order valence-corrected chi connectivity index (χ2v) is 8.10. The Balaban J connectivity index is 2.14. The molecule has 1 aliphatic carbocycles. The molecule has 0 aromatic carbocycles. The first-order chi connectivity index (χ1) is 10.1. The maximum atomic E-state index is 12.9. The number of rotatable bonds is 6. The Morgan fingerprint density at radius 3 is 2.67 bits per heavy atom. The van der Waals surface area contributed by atoms with Crippen LogP contribution >= 0.6 is 11.8 Å². The van der Waals surface area contributed by atoms with Crippen LogP contribution in [0.1, 0.15) is 65.7 Å². The topological polar surface area (TPSA) is 32.3 Å². The maximum Gasteiger partial charge on any atom is 0.241 e. The molecule has 1 amide bonds. The minimum atomic E-state index is 0.0472. The predicted molar refractivity (Wildman–Crippen MR) is 91.5 cm³/mol. The van der Waals surface area contributed by atoms with Gasteiger partial charge in [0.15, 0.2) is 0 Å². The number of nitrogens with zero attached hydrogens (tertiary/aromatic N) is 1. The molecule has 21 heavy (non-hydrogen) atoms. The van der Waals surface area contributed by atoms with Crippen LogP contribution in [-0.4, -0.2) is 40.6 Å². The molecule has 4 atom stereocenters. The van der Waals surface area contributed by atoms with E-state index in [4.69, 9.17) is 0 Å². The minimum absolute atomic E-state index is 0.0472. The van der Waals surface area contributed by atoms with E-state index in [9.17, 15) is 4.79 Å². The molecule has 2 aliphatic rings. The number of hydrogen-bond acceptors (Lipinski definition) is 3. The standard InChI is InChI=1S/C17H32N2OS/c1-5-8-16-18-13(11-12(2)3)17(20)19(16)14-9-6-7-10-15(14)21-4/h12-16,18H,5-11H2,1-4H3. The van der Waals surface area contributed by atoms with Crippen LogP contribution in [0.15, 0.2) is 0 Å². The molecule has 4 heteroatoms. The summed E-state index contributed by atoms with van der Waals surface area (Å²) >= 11 is 1.96. The largest absolute Gasteiger partial charge is 0.322 e. The zero-order valence-corrected chi connectivity index (χ0v) is 14.9. The van der Waals surface area contributed by atoms with Crippen LogP contribution in [0.5, 0.6) is 0 Å². The highest BCUT2D eigenvalue weighted by Gasteiger charge is 2.44. The highest BCUT2D eigenvalue weighted by molar-refractivity contribution is 7.99. The fraction of sp³-hybridized carbons (Fsp3) is 0.941. The molecule has 0 aromatic rings. The molecule has 122 valence electrons. The molecular weight excluding hydrogens is 280 g/mol. The summed E-state index contributed by atoms with van der Waals surface area (Å²) < 4.78 is 0. The lowest BCUT2D eigenvalue weighted by atomic mass is 9.92. The van der Waals surface area contributed by atoms with Crippen LogP contribution in [0.25, 0.3) is 0 Å². The lowest BCUT2D eigenvalue weighted by Gasteiger charge is -2.40. The molecule has 2 fully saturated rings. The van der Waals surface area contributed by atoms with E-state index in [1.165, 1.54) is 25.7 Å². The summed E-state index contributed by atoms with van der Waals surface area (Å²) in [5, 5.41) is 4.26. The zero-order valence-electron chi connectivity index (χ0n) is 14.1. The van der Waals surface area contributed by atoms with Gasteiger partial charge in [-0.1, -0.05) is 40.0 Å². The van der Waals surface area contributed by atoms with Gasteiger partial charge in [0.05, 0.1) is 12.2 Å². The average Bonchev–Trinajstić information content (AvgIpc) is 2.75. The summed E-state index contributed by atoms with van der Waals surface area (Å²) in [7, 11) is 0. The highest BCUT2D eigenvalue weighted by Crippen LogP contribution is 2.34. The van der Waals surface area contributed by atoms with Gasteiger partial charge in [0.2, 0.25) is 5.91 Å². The number of thioether (sulfide) groups is 1. The van der Waals surface area contributed by atoms with E-state index in [2.05, 4.69) is 37.2 Å². The van der Waals surface area contributed by atoms with Gasteiger partial charge in [-0.15, -0.1) is 0 Å². The summed E-state index contributed by atoms with van der Waals surface area (Å²) in [6.45, 7) is 6.63. The van der Waals surface area contributed by atoms with Crippen LogP contribution in [0.4, 0.5) is 0 Å². The number of nitrogens with one attached hydrogen (secondary N) is 1. The fourth-order valence-corrected chi connectivity index (χ4v) is 4.90. The normalized spacial score (nSPS) is 34.0. The van der Waals surface area contributed by atoms with Crippen molar-refractivity contribution in [1.29, 1.82) is 0 Å². The van der Waals surface area contributed by atoms with Gasteiger partial charge in [-0.05, 0) is 37.9 Å². The van der Waals surface area contributed by atoms with E-state index in [0.717, 1.165) is 19.3 Å². The van der Waals surface area contributed by atoms with E-state index in [0.29, 0.717) is 23.1 Å². The van der Waals surface area contributed by atoms with Crippen LogP contribution in [-0.2, 0) is 4.79 Å². The second-order valence-electron chi connectivity index (χ2n) is 7.02. The molecule has 1 N–H and O–H groups in total. The summed E-state index contributed by atoms with van der Waals surface area (Å²) in [6.07, 6.45) is 10.7. The third kappa shape index (κ3) is 3.95. The Labute approximate surface area is 134 Å². The first kappa shape index (κ1) is 17.1. The first-order valence-electron chi connectivity index (χ1n) is 8.69. The third-order valence-electron chi connectivity index (χ3n) is 4.88. The highest BCUT2D eigenvalue weighted by atomic mass is 32.2. The quantitative estimate of drug-likeness (QED) is 0.813. The van der Waals surface area contributed by atoms with Crippen molar-refractivity contribution in [1.82, 2.24) is 10.2 Å². The van der Waals surface area contributed by atoms with Crippen molar-refractivity contribution in [2.45, 2.75) is 89.2 Å². The number of amides is 1. The Morgan fingerprint density at radius 1 is 1.33 bits per heavy atom. The Hall–Kier alpha value is -0.220. The predicted octanol–water partition coefficient (Wildman–Crippen LogP) is 3.63. The van der Waals surface area contributed by atoms with Crippen LogP contribution in [0.3, 0.4) is 0 Å². The minimum Gasteiger partial charge on any atom is -0.322 e. The number of hydrogen-bond donors (Lipinski definition) is 1. The van der Waals surface area contributed by atoms with Gasteiger partial charge >= 0.3 is 0 Å². The van der Waals surface area contributed by atoms with Crippen molar-refractivity contribution in [2.75, 3.05) is 6.26 Å². The molecule has 0 bridgehead atoms. The molecule has 1 saturated carbocycles. The van der Waals surface area contributed by atoms with Crippen LogP contribution in [0.2, 0.25) is 0 Å². The van der Waals surface area contributed by atoms with Crippen molar-refractivity contribution >= 4 is 17.7 Å². The first-order valence-corrected chi connectivity index (χ1v) is 9.98. The van der Waals surface area contributed by atoms with Crippen molar-refractivity contribution < 1.29 is 4.79 Å². The Bertz CT molecular complexity index is 348. The molecule has 3 nitrogen and oxygen atoms in total. The molecule has 2 rings (SSSR count). The van der Waals surface area contributed by atoms with E-state index in [1.807, 2.05) is 11.8 Å². The van der Waals surface area contributed by atoms with Crippen LogP contribution < -0.4 is 5.32 Å². The van der Waals surface area contributed by atoms with Gasteiger partial charge in [-0.25, -0.2) is 0 Å². The van der Waals surface area contributed by atoms with Gasteiger partial charge in [0.1, 0.15) is 0 Å². The molecular formula is C17H32N2OS. The van der Waals surface area contributed by atoms with Gasteiger partial charge in [-0.2, -0.15) is 11.8 Å². The molecule has 0 aromatic heterocycles. The van der Waals surface area contributed by atoms with Crippen molar-refractivity contribution in [3.05, 3.63) is 0 Å². The average molecular weight is 313 g/mol. The van der Waals surface area contributed by atoms with E-state index in [1.54, 1.807) is 0 Å². The monoisotopic (exact) mass is 312 g/mol. The molecule has 0 spiro atoms. The number of carbonyl (C=O) groups is 1. The van der Waals surface area contributed by atoms with Gasteiger partial charge < -0.3 is 4.90 Å². The second kappa shape index (κ2) is 7.87. The van der Waals surface area contributed by atoms with Crippen LogP contribution in [0, 0.1) is 5.92 Å². The van der Waals surface area contributed by atoms with E-state index in [-0.39, 0.29) is 12.2 Å². The van der Waals surface area contributed by atoms with Gasteiger partial charge in [0, 0.05) is 11.3 Å². The van der Waals surface area contributed by atoms with Gasteiger partial charge in [0.25, 0.3) is 0 Å². The zero-order chi connectivity index (χ0) is 15.4. The molecule has 4 unspecified atom stereocenters.